The Labute approximate surface area is 228 Å². The molecule has 1 unspecified atom stereocenters. The van der Waals surface area contributed by atoms with Crippen molar-refractivity contribution in [1.29, 1.82) is 0 Å². The number of nitrogens with zero attached hydrogens (tertiary/aromatic N) is 4. The van der Waals surface area contributed by atoms with E-state index in [1.165, 1.54) is 29.5 Å². The molecule has 0 radical (unpaired) electrons. The van der Waals surface area contributed by atoms with E-state index < -0.39 is 16.9 Å². The molecule has 200 valence electrons. The number of carbonyl (C=O) groups is 1. The number of carboxylic acid groups (broad SMARTS) is 1. The lowest BCUT2D eigenvalue weighted by Gasteiger charge is -2.10. The van der Waals surface area contributed by atoms with Crippen LogP contribution < -0.4 is 9.47 Å². The molecule has 0 fully saturated rings. The van der Waals surface area contributed by atoms with Crippen LogP contribution in [0.15, 0.2) is 83.0 Å². The average molecular weight is 547 g/mol. The summed E-state index contributed by atoms with van der Waals surface area (Å²) in [6.07, 6.45) is -0.145. The average Bonchev–Trinajstić information content (AvgIpc) is 3.35. The number of carboxylic acids is 1. The Morgan fingerprint density at radius 1 is 1.03 bits per heavy atom. The lowest BCUT2D eigenvalue weighted by Crippen LogP contribution is -2.20. The van der Waals surface area contributed by atoms with Gasteiger partial charge in [0.15, 0.2) is 6.04 Å². The lowest BCUT2D eigenvalue weighted by molar-refractivity contribution is -0.385. The Morgan fingerprint density at radius 3 is 2.28 bits per heavy atom. The van der Waals surface area contributed by atoms with E-state index >= 15 is 0 Å². The number of thiazole rings is 1. The number of para-hydroxylation sites is 1. The zero-order valence-corrected chi connectivity index (χ0v) is 22.3. The van der Waals surface area contributed by atoms with Crippen molar-refractivity contribution in [2.24, 2.45) is 10.2 Å². The number of benzene rings is 3. The maximum atomic E-state index is 11.9. The molecule has 10 nitrogen and oxygen atoms in total. The first-order valence-electron chi connectivity index (χ1n) is 12.0. The van der Waals surface area contributed by atoms with Gasteiger partial charge >= 0.3 is 5.97 Å². The maximum Gasteiger partial charge on any atom is 0.330 e. The third-order valence-corrected chi connectivity index (χ3v) is 6.63. The predicted octanol–water partition coefficient (Wildman–Crippen LogP) is 6.96. The zero-order valence-electron chi connectivity index (χ0n) is 21.5. The molecule has 4 aromatic rings. The smallest absolute Gasteiger partial charge is 0.330 e. The quantitative estimate of drug-likeness (QED) is 0.122. The van der Waals surface area contributed by atoms with E-state index in [0.29, 0.717) is 11.4 Å². The molecule has 3 aromatic carbocycles. The van der Waals surface area contributed by atoms with E-state index in [1.807, 2.05) is 62.4 Å². The van der Waals surface area contributed by atoms with Gasteiger partial charge in [-0.2, -0.15) is 5.11 Å². The highest BCUT2D eigenvalue weighted by Gasteiger charge is 2.23. The van der Waals surface area contributed by atoms with Gasteiger partial charge in [-0.1, -0.05) is 29.5 Å². The zero-order chi connectivity index (χ0) is 27.9. The number of hydrogen-bond acceptors (Lipinski definition) is 9. The van der Waals surface area contributed by atoms with Gasteiger partial charge in [-0.25, -0.2) is 9.78 Å². The predicted molar refractivity (Wildman–Crippen MR) is 148 cm³/mol. The Morgan fingerprint density at radius 2 is 1.67 bits per heavy atom. The van der Waals surface area contributed by atoms with Crippen molar-refractivity contribution in [2.45, 2.75) is 32.4 Å². The molecule has 0 aliphatic carbocycles. The Hall–Kier alpha value is -4.64. The van der Waals surface area contributed by atoms with E-state index in [1.54, 1.807) is 13.2 Å². The number of rotatable bonds is 11. The van der Waals surface area contributed by atoms with Crippen molar-refractivity contribution in [2.75, 3.05) is 7.11 Å². The number of nitro benzene ring substituents is 1. The second kappa shape index (κ2) is 12.3. The topological polar surface area (TPSA) is 137 Å². The molecule has 11 heteroatoms. The normalized spacial score (nSPS) is 12.0. The lowest BCUT2D eigenvalue weighted by atomic mass is 10.0. The van der Waals surface area contributed by atoms with E-state index in [2.05, 4.69) is 15.2 Å². The molecule has 0 saturated carbocycles. The second-order valence-electron chi connectivity index (χ2n) is 8.75. The fourth-order valence-electron chi connectivity index (χ4n) is 3.82. The van der Waals surface area contributed by atoms with Gasteiger partial charge in [0.1, 0.15) is 11.5 Å². The Bertz CT molecular complexity index is 1480. The van der Waals surface area contributed by atoms with Crippen LogP contribution in [0.3, 0.4) is 0 Å². The van der Waals surface area contributed by atoms with Gasteiger partial charge in [-0.3, -0.25) is 10.1 Å². The van der Waals surface area contributed by atoms with Crippen LogP contribution >= 0.6 is 11.3 Å². The fourth-order valence-corrected chi connectivity index (χ4v) is 4.74. The molecule has 39 heavy (non-hydrogen) atoms. The van der Waals surface area contributed by atoms with E-state index in [4.69, 9.17) is 9.47 Å². The van der Waals surface area contributed by atoms with Crippen LogP contribution in [0.25, 0.3) is 21.7 Å². The van der Waals surface area contributed by atoms with E-state index in [9.17, 15) is 20.0 Å². The number of nitro groups is 1. The second-order valence-corrected chi connectivity index (χ2v) is 9.73. The molecule has 0 amide bonds. The van der Waals surface area contributed by atoms with Crippen molar-refractivity contribution in [3.63, 3.8) is 0 Å². The number of methoxy groups -OCH3 is 1. The minimum atomic E-state index is -1.32. The molecule has 1 atom stereocenters. The number of hydrogen-bond donors (Lipinski definition) is 1. The van der Waals surface area contributed by atoms with Gasteiger partial charge in [0.05, 0.1) is 28.7 Å². The first-order valence-corrected chi connectivity index (χ1v) is 12.8. The van der Waals surface area contributed by atoms with Crippen LogP contribution in [0.5, 0.6) is 11.5 Å². The number of aliphatic carboxylic acids is 1. The number of ether oxygens (including phenoxy) is 2. The Balaban J connectivity index is 1.69. The molecule has 1 aromatic heterocycles. The van der Waals surface area contributed by atoms with Crippen molar-refractivity contribution in [3.8, 4) is 33.2 Å². The van der Waals surface area contributed by atoms with Crippen molar-refractivity contribution < 1.29 is 24.3 Å². The number of azo groups is 1. The Kier molecular flexibility index (Phi) is 8.62. The number of aromatic nitrogens is 1. The maximum absolute atomic E-state index is 11.9. The molecular formula is C28H26N4O6S. The van der Waals surface area contributed by atoms with Gasteiger partial charge in [0.2, 0.25) is 5.13 Å². The third kappa shape index (κ3) is 6.82. The summed E-state index contributed by atoms with van der Waals surface area (Å²) in [5.74, 6) is 0.193. The summed E-state index contributed by atoms with van der Waals surface area (Å²) in [6, 6.07) is 19.7. The van der Waals surface area contributed by atoms with Crippen molar-refractivity contribution in [1.82, 2.24) is 4.98 Å². The van der Waals surface area contributed by atoms with Crippen LogP contribution in [0, 0.1) is 10.1 Å². The van der Waals surface area contributed by atoms with Crippen molar-refractivity contribution in [3.05, 3.63) is 88.5 Å². The van der Waals surface area contributed by atoms with Gasteiger partial charge in [-0.05, 0) is 67.9 Å². The van der Waals surface area contributed by atoms with Gasteiger partial charge in [0.25, 0.3) is 5.69 Å². The molecule has 4 rings (SSSR count). The monoisotopic (exact) mass is 546 g/mol. The highest BCUT2D eigenvalue weighted by Crippen LogP contribution is 2.41. The largest absolute Gasteiger partial charge is 0.497 e. The van der Waals surface area contributed by atoms with Gasteiger partial charge in [-0.15, -0.1) is 5.11 Å². The van der Waals surface area contributed by atoms with Crippen LogP contribution in [0.4, 0.5) is 10.8 Å². The van der Waals surface area contributed by atoms with Crippen molar-refractivity contribution >= 4 is 28.1 Å². The van der Waals surface area contributed by atoms with Crippen LogP contribution in [0.1, 0.15) is 19.4 Å². The van der Waals surface area contributed by atoms with Crippen LogP contribution in [0.2, 0.25) is 0 Å². The summed E-state index contributed by atoms with van der Waals surface area (Å²) < 4.78 is 11.0. The molecule has 0 aliphatic rings. The highest BCUT2D eigenvalue weighted by atomic mass is 32.1. The summed E-state index contributed by atoms with van der Waals surface area (Å²) in [5, 5.41) is 29.5. The summed E-state index contributed by atoms with van der Waals surface area (Å²) in [6.45, 7) is 3.90. The summed E-state index contributed by atoms with van der Waals surface area (Å²) in [5.41, 5.74) is 2.45. The third-order valence-electron chi connectivity index (χ3n) is 5.64. The summed E-state index contributed by atoms with van der Waals surface area (Å²) >= 11 is 1.26. The van der Waals surface area contributed by atoms with Gasteiger partial charge < -0.3 is 14.6 Å². The first-order chi connectivity index (χ1) is 18.7. The van der Waals surface area contributed by atoms with E-state index in [0.717, 1.165) is 21.8 Å². The molecule has 0 spiro atoms. The standard InChI is InChI=1S/C28H26N4O6S/c1-17(2)38-22-14-8-18(9-15-22)25-26(19-10-12-21(37-3)13-11-19)39-28(29-25)31-30-23(27(33)34)16-20-6-4-5-7-24(20)32(35)36/h4-15,17,23H,16H2,1-3H3,(H,33,34). The molecule has 0 saturated heterocycles. The summed E-state index contributed by atoms with van der Waals surface area (Å²) in [4.78, 5) is 28.2. The molecule has 1 N–H and O–H groups in total. The molecule has 1 heterocycles. The van der Waals surface area contributed by atoms with Crippen LogP contribution in [-0.4, -0.2) is 40.2 Å². The minimum absolute atomic E-state index is 0.0384. The van der Waals surface area contributed by atoms with Gasteiger partial charge in [0, 0.05) is 23.6 Å². The minimum Gasteiger partial charge on any atom is -0.497 e. The fraction of sp³-hybridized carbons (Fsp3) is 0.214. The summed E-state index contributed by atoms with van der Waals surface area (Å²) in [7, 11) is 1.59. The van der Waals surface area contributed by atoms with E-state index in [-0.39, 0.29) is 28.9 Å². The highest BCUT2D eigenvalue weighted by molar-refractivity contribution is 7.19. The SMILES string of the molecule is COc1ccc(-c2sc(N=NC(Cc3ccccc3[N+](=O)[O-])C(=O)O)nc2-c2ccc(OC(C)C)cc2)cc1. The first kappa shape index (κ1) is 27.4. The molecule has 0 aliphatic heterocycles. The molecular weight excluding hydrogens is 520 g/mol. The van der Waals surface area contributed by atoms with Crippen LogP contribution in [-0.2, 0) is 11.2 Å². The molecule has 0 bridgehead atoms.